The Balaban J connectivity index is 2.07. The molecule has 0 saturated carbocycles. The molecule has 2 aromatic carbocycles. The molecule has 0 spiro atoms. The first-order valence-corrected chi connectivity index (χ1v) is 6.63. The summed E-state index contributed by atoms with van der Waals surface area (Å²) in [6.45, 7) is 0. The van der Waals surface area contributed by atoms with Crippen LogP contribution >= 0.6 is 15.9 Å². The third-order valence-electron chi connectivity index (χ3n) is 2.74. The van der Waals surface area contributed by atoms with Gasteiger partial charge in [-0.3, -0.25) is 0 Å². The van der Waals surface area contributed by atoms with E-state index in [1.54, 1.807) is 18.2 Å². The molecule has 0 fully saturated rings. The molecule has 20 heavy (non-hydrogen) atoms. The van der Waals surface area contributed by atoms with Crippen molar-refractivity contribution in [3.8, 4) is 23.1 Å². The Morgan fingerprint density at radius 2 is 1.90 bits per heavy atom. The maximum atomic E-state index is 9.14. The van der Waals surface area contributed by atoms with Crippen LogP contribution in [0.15, 0.2) is 53.0 Å². The van der Waals surface area contributed by atoms with Gasteiger partial charge in [-0.2, -0.15) is 5.26 Å². The number of hydrogen-bond donors (Lipinski definition) is 0. The van der Waals surface area contributed by atoms with Gasteiger partial charge in [-0.15, -0.1) is 15.0 Å². The minimum absolute atomic E-state index is 0.491. The molecule has 3 aromatic rings. The summed E-state index contributed by atoms with van der Waals surface area (Å²) in [5, 5.41) is 21.5. The van der Waals surface area contributed by atoms with Crippen LogP contribution in [0.25, 0.3) is 17.1 Å². The monoisotopic (exact) mass is 325 g/mol. The zero-order chi connectivity index (χ0) is 13.9. The van der Waals surface area contributed by atoms with Crippen LogP contribution in [0.1, 0.15) is 5.56 Å². The van der Waals surface area contributed by atoms with Gasteiger partial charge in [-0.05, 0) is 23.4 Å². The number of benzene rings is 2. The number of rotatable bonds is 2. The van der Waals surface area contributed by atoms with Crippen molar-refractivity contribution >= 4 is 15.9 Å². The van der Waals surface area contributed by atoms with Crippen LogP contribution in [0, 0.1) is 11.3 Å². The van der Waals surface area contributed by atoms with Crippen molar-refractivity contribution in [2.24, 2.45) is 0 Å². The molecule has 5 nitrogen and oxygen atoms in total. The van der Waals surface area contributed by atoms with Crippen LogP contribution in [-0.2, 0) is 0 Å². The molecule has 0 atom stereocenters. The topological polar surface area (TPSA) is 67.4 Å². The molecule has 1 heterocycles. The van der Waals surface area contributed by atoms with E-state index >= 15 is 0 Å². The lowest BCUT2D eigenvalue weighted by atomic mass is 10.2. The number of tetrazole rings is 1. The number of halogens is 1. The van der Waals surface area contributed by atoms with Crippen molar-refractivity contribution < 1.29 is 0 Å². The van der Waals surface area contributed by atoms with Gasteiger partial charge in [-0.1, -0.05) is 46.3 Å². The summed E-state index contributed by atoms with van der Waals surface area (Å²) >= 11 is 3.38. The Morgan fingerprint density at radius 3 is 2.65 bits per heavy atom. The van der Waals surface area contributed by atoms with Crippen molar-refractivity contribution in [2.45, 2.75) is 0 Å². The minimum atomic E-state index is 0.491. The molecule has 0 unspecified atom stereocenters. The second-order valence-electron chi connectivity index (χ2n) is 4.04. The molecule has 0 radical (unpaired) electrons. The van der Waals surface area contributed by atoms with Gasteiger partial charge in [0.1, 0.15) is 11.8 Å². The molecule has 0 aliphatic heterocycles. The zero-order valence-electron chi connectivity index (χ0n) is 10.2. The van der Waals surface area contributed by atoms with Crippen molar-refractivity contribution in [1.82, 2.24) is 20.2 Å². The number of nitriles is 1. The van der Waals surface area contributed by atoms with Gasteiger partial charge in [0.2, 0.25) is 5.82 Å². The third-order valence-corrected chi connectivity index (χ3v) is 3.23. The Kier molecular flexibility index (Phi) is 3.27. The quantitative estimate of drug-likeness (QED) is 0.726. The van der Waals surface area contributed by atoms with Gasteiger partial charge in [-0.25, -0.2) is 0 Å². The van der Waals surface area contributed by atoms with Gasteiger partial charge < -0.3 is 0 Å². The first-order chi connectivity index (χ1) is 9.78. The molecular weight excluding hydrogens is 318 g/mol. The van der Waals surface area contributed by atoms with Crippen LogP contribution in [0.5, 0.6) is 0 Å². The van der Waals surface area contributed by atoms with Crippen LogP contribution in [-0.4, -0.2) is 20.2 Å². The summed E-state index contributed by atoms with van der Waals surface area (Å²) in [5.41, 5.74) is 1.97. The third kappa shape index (κ3) is 2.31. The zero-order valence-corrected chi connectivity index (χ0v) is 11.8. The number of hydrogen-bond acceptors (Lipinski definition) is 4. The van der Waals surface area contributed by atoms with Crippen molar-refractivity contribution in [2.75, 3.05) is 0 Å². The second-order valence-corrected chi connectivity index (χ2v) is 4.96. The highest BCUT2D eigenvalue weighted by Crippen LogP contribution is 2.20. The van der Waals surface area contributed by atoms with Crippen molar-refractivity contribution in [3.05, 3.63) is 58.6 Å². The smallest absolute Gasteiger partial charge is 0.192 e. The van der Waals surface area contributed by atoms with E-state index in [0.29, 0.717) is 17.1 Å². The van der Waals surface area contributed by atoms with E-state index in [4.69, 9.17) is 5.26 Å². The van der Waals surface area contributed by atoms with Crippen molar-refractivity contribution in [1.29, 1.82) is 5.26 Å². The van der Waals surface area contributed by atoms with Gasteiger partial charge in [0, 0.05) is 10.0 Å². The standard InChI is InChI=1S/C14H8BrN5/c15-12-7-6-11(9-16)13(8-12)20-18-14(17-19-20)10-4-2-1-3-5-10/h1-8H. The Hall–Kier alpha value is -2.52. The summed E-state index contributed by atoms with van der Waals surface area (Å²) in [7, 11) is 0. The fourth-order valence-electron chi connectivity index (χ4n) is 1.78. The molecular formula is C14H8BrN5. The molecule has 0 N–H and O–H groups in total. The van der Waals surface area contributed by atoms with Gasteiger partial charge in [0.25, 0.3) is 0 Å². The van der Waals surface area contributed by atoms with E-state index in [1.807, 2.05) is 30.3 Å². The van der Waals surface area contributed by atoms with Gasteiger partial charge >= 0.3 is 0 Å². The second kappa shape index (κ2) is 5.23. The van der Waals surface area contributed by atoms with E-state index in [1.165, 1.54) is 4.80 Å². The highest BCUT2D eigenvalue weighted by molar-refractivity contribution is 9.10. The SMILES string of the molecule is N#Cc1ccc(Br)cc1-n1nnc(-c2ccccc2)n1. The van der Waals surface area contributed by atoms with Gasteiger partial charge in [0.15, 0.2) is 0 Å². The van der Waals surface area contributed by atoms with Crippen LogP contribution in [0.3, 0.4) is 0 Å². The van der Waals surface area contributed by atoms with Crippen LogP contribution in [0.2, 0.25) is 0 Å². The summed E-state index contributed by atoms with van der Waals surface area (Å²) in [6, 6.07) is 17.0. The van der Waals surface area contributed by atoms with E-state index < -0.39 is 0 Å². The molecule has 6 heteroatoms. The normalized spacial score (nSPS) is 10.2. The highest BCUT2D eigenvalue weighted by atomic mass is 79.9. The summed E-state index contributed by atoms with van der Waals surface area (Å²) in [4.78, 5) is 1.37. The number of nitrogens with zero attached hydrogens (tertiary/aromatic N) is 5. The number of aromatic nitrogens is 4. The Labute approximate surface area is 123 Å². The van der Waals surface area contributed by atoms with E-state index in [2.05, 4.69) is 37.4 Å². The molecule has 3 rings (SSSR count). The van der Waals surface area contributed by atoms with Crippen LogP contribution < -0.4 is 0 Å². The minimum Gasteiger partial charge on any atom is -0.192 e. The van der Waals surface area contributed by atoms with E-state index in [-0.39, 0.29) is 0 Å². The molecule has 1 aromatic heterocycles. The molecule has 0 saturated heterocycles. The average molecular weight is 326 g/mol. The molecule has 0 aliphatic carbocycles. The Bertz CT molecular complexity index is 789. The average Bonchev–Trinajstić information content (AvgIpc) is 2.98. The first kappa shape index (κ1) is 12.5. The fraction of sp³-hybridized carbons (Fsp3) is 0. The maximum Gasteiger partial charge on any atom is 0.205 e. The summed E-state index contributed by atoms with van der Waals surface area (Å²) < 4.78 is 0.852. The lowest BCUT2D eigenvalue weighted by Crippen LogP contribution is -2.02. The van der Waals surface area contributed by atoms with Crippen LogP contribution in [0.4, 0.5) is 0 Å². The first-order valence-electron chi connectivity index (χ1n) is 5.83. The molecule has 96 valence electrons. The lowest BCUT2D eigenvalue weighted by molar-refractivity contribution is 0.718. The van der Waals surface area contributed by atoms with Crippen molar-refractivity contribution in [3.63, 3.8) is 0 Å². The van der Waals surface area contributed by atoms with E-state index in [9.17, 15) is 0 Å². The highest BCUT2D eigenvalue weighted by Gasteiger charge is 2.10. The summed E-state index contributed by atoms with van der Waals surface area (Å²) in [6.07, 6.45) is 0. The predicted molar refractivity (Wildman–Crippen MR) is 77.0 cm³/mol. The maximum absolute atomic E-state index is 9.14. The van der Waals surface area contributed by atoms with E-state index in [0.717, 1.165) is 10.0 Å². The largest absolute Gasteiger partial charge is 0.205 e. The summed E-state index contributed by atoms with van der Waals surface area (Å²) in [5.74, 6) is 0.523. The molecule has 0 bridgehead atoms. The van der Waals surface area contributed by atoms with Gasteiger partial charge in [0.05, 0.1) is 5.56 Å². The lowest BCUT2D eigenvalue weighted by Gasteiger charge is -2.01. The fourth-order valence-corrected chi connectivity index (χ4v) is 2.13. The molecule has 0 amide bonds. The Morgan fingerprint density at radius 1 is 1.10 bits per heavy atom. The molecule has 0 aliphatic rings. The predicted octanol–water partition coefficient (Wildman–Crippen LogP) is 2.96.